The van der Waals surface area contributed by atoms with Crippen LogP contribution in [0.3, 0.4) is 0 Å². The Morgan fingerprint density at radius 3 is 2.69 bits per heavy atom. The number of Topliss-reactive ketones (excluding diaryl/α,β-unsaturated/α-hetero) is 1. The van der Waals surface area contributed by atoms with E-state index in [4.69, 9.17) is 4.74 Å². The predicted octanol–water partition coefficient (Wildman–Crippen LogP) is 2.82. The Bertz CT molecular complexity index is 345. The highest BCUT2D eigenvalue weighted by Gasteiger charge is 2.30. The Morgan fingerprint density at radius 1 is 1.31 bits per heavy atom. The Morgan fingerprint density at radius 2 is 2.06 bits per heavy atom. The van der Waals surface area contributed by atoms with Crippen molar-refractivity contribution in [3.05, 3.63) is 35.9 Å². The van der Waals surface area contributed by atoms with E-state index in [9.17, 15) is 4.79 Å². The number of ether oxygens (including phenoxy) is 1. The summed E-state index contributed by atoms with van der Waals surface area (Å²) < 4.78 is 5.67. The van der Waals surface area contributed by atoms with Crippen LogP contribution in [0, 0.1) is 11.8 Å². The van der Waals surface area contributed by atoms with Crippen molar-refractivity contribution < 1.29 is 9.53 Å². The molecule has 1 aromatic carbocycles. The maximum absolute atomic E-state index is 11.4. The molecular formula is C14H18O2. The lowest BCUT2D eigenvalue weighted by Crippen LogP contribution is -2.16. The summed E-state index contributed by atoms with van der Waals surface area (Å²) in [4.78, 5) is 11.4. The molecule has 0 amide bonds. The van der Waals surface area contributed by atoms with E-state index in [1.54, 1.807) is 0 Å². The summed E-state index contributed by atoms with van der Waals surface area (Å²) >= 11 is 0. The quantitative estimate of drug-likeness (QED) is 0.776. The second-order valence-electron chi connectivity index (χ2n) is 4.55. The maximum Gasteiger partial charge on any atom is 0.136 e. The van der Waals surface area contributed by atoms with Gasteiger partial charge in [-0.05, 0) is 17.9 Å². The molecule has 2 atom stereocenters. The fourth-order valence-electron chi connectivity index (χ4n) is 2.20. The zero-order valence-corrected chi connectivity index (χ0v) is 9.69. The summed E-state index contributed by atoms with van der Waals surface area (Å²) in [7, 11) is 0. The van der Waals surface area contributed by atoms with Crippen LogP contribution in [0.25, 0.3) is 0 Å². The minimum absolute atomic E-state index is 0.191. The lowest BCUT2D eigenvalue weighted by molar-refractivity contribution is -0.121. The van der Waals surface area contributed by atoms with Gasteiger partial charge in [0.15, 0.2) is 0 Å². The number of ketones is 1. The molecule has 0 radical (unpaired) electrons. The second-order valence-corrected chi connectivity index (χ2v) is 4.55. The molecule has 1 aromatic rings. The van der Waals surface area contributed by atoms with Crippen LogP contribution < -0.4 is 0 Å². The monoisotopic (exact) mass is 218 g/mol. The number of rotatable bonds is 4. The van der Waals surface area contributed by atoms with Crippen LogP contribution >= 0.6 is 0 Å². The van der Waals surface area contributed by atoms with Crippen LogP contribution in [0.5, 0.6) is 0 Å². The molecule has 1 saturated carbocycles. The number of hydrogen-bond donors (Lipinski definition) is 0. The Labute approximate surface area is 96.6 Å². The van der Waals surface area contributed by atoms with E-state index in [2.05, 4.69) is 12.1 Å². The van der Waals surface area contributed by atoms with Gasteiger partial charge in [0.1, 0.15) is 5.78 Å². The van der Waals surface area contributed by atoms with Gasteiger partial charge in [0, 0.05) is 12.3 Å². The summed E-state index contributed by atoms with van der Waals surface area (Å²) in [6.45, 7) is 3.38. The predicted molar refractivity (Wildman–Crippen MR) is 63.0 cm³/mol. The van der Waals surface area contributed by atoms with E-state index in [1.165, 1.54) is 5.56 Å². The van der Waals surface area contributed by atoms with Crippen LogP contribution in [-0.4, -0.2) is 12.4 Å². The van der Waals surface area contributed by atoms with Crippen LogP contribution in [0.2, 0.25) is 0 Å². The molecule has 1 aliphatic rings. The summed E-state index contributed by atoms with van der Waals surface area (Å²) in [6.07, 6.45) is 1.73. The highest BCUT2D eigenvalue weighted by molar-refractivity contribution is 5.82. The van der Waals surface area contributed by atoms with Gasteiger partial charge >= 0.3 is 0 Å². The molecule has 2 rings (SSSR count). The second kappa shape index (κ2) is 5.26. The smallest absolute Gasteiger partial charge is 0.136 e. The molecule has 0 saturated heterocycles. The van der Waals surface area contributed by atoms with Gasteiger partial charge in [-0.15, -0.1) is 0 Å². The van der Waals surface area contributed by atoms with Gasteiger partial charge in [-0.2, -0.15) is 0 Å². The van der Waals surface area contributed by atoms with Gasteiger partial charge in [0.25, 0.3) is 0 Å². The molecule has 2 nitrogen and oxygen atoms in total. The van der Waals surface area contributed by atoms with Gasteiger partial charge in [0.2, 0.25) is 0 Å². The Hall–Kier alpha value is -1.15. The molecule has 86 valence electrons. The first-order valence-electron chi connectivity index (χ1n) is 5.92. The van der Waals surface area contributed by atoms with E-state index >= 15 is 0 Å². The highest BCUT2D eigenvalue weighted by atomic mass is 16.5. The number of benzene rings is 1. The van der Waals surface area contributed by atoms with Crippen molar-refractivity contribution in [2.24, 2.45) is 11.8 Å². The molecule has 0 aromatic heterocycles. The van der Waals surface area contributed by atoms with Crippen molar-refractivity contribution in [3.63, 3.8) is 0 Å². The van der Waals surface area contributed by atoms with Gasteiger partial charge in [0.05, 0.1) is 13.2 Å². The topological polar surface area (TPSA) is 26.3 Å². The molecule has 0 N–H and O–H groups in total. The van der Waals surface area contributed by atoms with Crippen molar-refractivity contribution >= 4 is 5.78 Å². The molecule has 16 heavy (non-hydrogen) atoms. The number of carbonyl (C=O) groups excluding carboxylic acids is 1. The van der Waals surface area contributed by atoms with E-state index in [1.807, 2.05) is 25.1 Å². The van der Waals surface area contributed by atoms with Crippen molar-refractivity contribution in [1.29, 1.82) is 0 Å². The molecule has 0 aliphatic heterocycles. The normalized spacial score (nSPS) is 24.9. The average Bonchev–Trinajstić information content (AvgIpc) is 2.62. The summed E-state index contributed by atoms with van der Waals surface area (Å²) in [5.74, 6) is 1.01. The largest absolute Gasteiger partial charge is 0.376 e. The molecule has 0 spiro atoms. The van der Waals surface area contributed by atoms with Crippen molar-refractivity contribution in [1.82, 2.24) is 0 Å². The minimum Gasteiger partial charge on any atom is -0.376 e. The molecule has 1 fully saturated rings. The van der Waals surface area contributed by atoms with Crippen LogP contribution in [0.15, 0.2) is 30.3 Å². The van der Waals surface area contributed by atoms with Crippen molar-refractivity contribution in [3.8, 4) is 0 Å². The lowest BCUT2D eigenvalue weighted by atomic mass is 9.99. The van der Waals surface area contributed by atoms with Gasteiger partial charge in [-0.1, -0.05) is 37.3 Å². The molecule has 1 aliphatic carbocycles. The standard InChI is InChI=1S/C14H18O2/c1-11-13(7-8-14(11)15)10-16-9-12-5-3-2-4-6-12/h2-6,11,13H,7-10H2,1H3/t11-,13-/m0/s1. The first-order valence-corrected chi connectivity index (χ1v) is 5.92. The summed E-state index contributed by atoms with van der Waals surface area (Å²) in [5, 5.41) is 0. The summed E-state index contributed by atoms with van der Waals surface area (Å²) in [6, 6.07) is 10.1. The van der Waals surface area contributed by atoms with Crippen LogP contribution in [-0.2, 0) is 16.1 Å². The number of hydrogen-bond acceptors (Lipinski definition) is 2. The first-order chi connectivity index (χ1) is 7.77. The van der Waals surface area contributed by atoms with Crippen molar-refractivity contribution in [2.45, 2.75) is 26.4 Å². The van der Waals surface area contributed by atoms with Gasteiger partial charge < -0.3 is 4.74 Å². The first kappa shape index (κ1) is 11.3. The fourth-order valence-corrected chi connectivity index (χ4v) is 2.20. The fraction of sp³-hybridized carbons (Fsp3) is 0.500. The zero-order valence-electron chi connectivity index (χ0n) is 9.69. The zero-order chi connectivity index (χ0) is 11.4. The highest BCUT2D eigenvalue weighted by Crippen LogP contribution is 2.28. The third-order valence-corrected chi connectivity index (χ3v) is 3.42. The van der Waals surface area contributed by atoms with Gasteiger partial charge in [-0.3, -0.25) is 4.79 Å². The molecule has 0 heterocycles. The molecule has 2 heteroatoms. The minimum atomic E-state index is 0.191. The summed E-state index contributed by atoms with van der Waals surface area (Å²) in [5.41, 5.74) is 1.19. The Balaban J connectivity index is 1.75. The van der Waals surface area contributed by atoms with E-state index in [0.29, 0.717) is 24.9 Å². The van der Waals surface area contributed by atoms with Crippen LogP contribution in [0.1, 0.15) is 25.3 Å². The molecule has 0 unspecified atom stereocenters. The van der Waals surface area contributed by atoms with E-state index < -0.39 is 0 Å². The van der Waals surface area contributed by atoms with Crippen molar-refractivity contribution in [2.75, 3.05) is 6.61 Å². The third-order valence-electron chi connectivity index (χ3n) is 3.42. The third kappa shape index (κ3) is 2.70. The van der Waals surface area contributed by atoms with E-state index in [-0.39, 0.29) is 5.92 Å². The van der Waals surface area contributed by atoms with Crippen LogP contribution in [0.4, 0.5) is 0 Å². The SMILES string of the molecule is C[C@@H]1C(=O)CC[C@H]1COCc1ccccc1. The number of carbonyl (C=O) groups is 1. The average molecular weight is 218 g/mol. The Kier molecular flexibility index (Phi) is 3.73. The lowest BCUT2D eigenvalue weighted by Gasteiger charge is -2.14. The maximum atomic E-state index is 11.4. The molecular weight excluding hydrogens is 200 g/mol. The molecule has 0 bridgehead atoms. The van der Waals surface area contributed by atoms with Gasteiger partial charge in [-0.25, -0.2) is 0 Å². The van der Waals surface area contributed by atoms with E-state index in [0.717, 1.165) is 12.8 Å².